The molecule has 2 rings (SSSR count). The second kappa shape index (κ2) is 7.19. The quantitative estimate of drug-likeness (QED) is 0.847. The lowest BCUT2D eigenvalue weighted by atomic mass is 10.2. The zero-order chi connectivity index (χ0) is 14.2. The molecule has 0 aliphatic carbocycles. The van der Waals surface area contributed by atoms with Crippen molar-refractivity contribution in [2.45, 2.75) is 6.61 Å². The third-order valence-electron chi connectivity index (χ3n) is 2.81. The van der Waals surface area contributed by atoms with Gasteiger partial charge in [0.1, 0.15) is 12.4 Å². The number of rotatable bonds is 6. The van der Waals surface area contributed by atoms with Gasteiger partial charge < -0.3 is 15.4 Å². The predicted molar refractivity (Wildman–Crippen MR) is 79.8 cm³/mol. The van der Waals surface area contributed by atoms with Gasteiger partial charge in [-0.2, -0.15) is 0 Å². The fraction of sp³-hybridized carbons (Fsp3) is 0.188. The maximum atomic E-state index is 11.2. The van der Waals surface area contributed by atoms with Crippen LogP contribution < -0.4 is 15.4 Å². The van der Waals surface area contributed by atoms with Crippen molar-refractivity contribution in [3.8, 4) is 5.75 Å². The molecule has 0 heterocycles. The van der Waals surface area contributed by atoms with E-state index in [4.69, 9.17) is 4.74 Å². The minimum Gasteiger partial charge on any atom is -0.489 e. The van der Waals surface area contributed by atoms with Crippen LogP contribution in [0.25, 0.3) is 0 Å². The molecule has 0 atom stereocenters. The van der Waals surface area contributed by atoms with Gasteiger partial charge in [-0.25, -0.2) is 0 Å². The highest BCUT2D eigenvalue weighted by atomic mass is 16.5. The van der Waals surface area contributed by atoms with Crippen LogP contribution >= 0.6 is 0 Å². The maximum Gasteiger partial charge on any atom is 0.239 e. The predicted octanol–water partition coefficient (Wildman–Crippen LogP) is 2.42. The first-order chi connectivity index (χ1) is 9.78. The second-order valence-electron chi connectivity index (χ2n) is 4.33. The van der Waals surface area contributed by atoms with Crippen molar-refractivity contribution in [3.05, 3.63) is 60.2 Å². The van der Waals surface area contributed by atoms with Gasteiger partial charge in [0.05, 0.1) is 6.54 Å². The van der Waals surface area contributed by atoms with E-state index in [0.29, 0.717) is 6.61 Å². The summed E-state index contributed by atoms with van der Waals surface area (Å²) in [7, 11) is 1.61. The molecule has 104 valence electrons. The number of amides is 1. The SMILES string of the molecule is CNC(=O)CNc1cccc(OCc2ccccc2)c1. The molecule has 0 aromatic heterocycles. The van der Waals surface area contributed by atoms with Gasteiger partial charge in [0.15, 0.2) is 0 Å². The van der Waals surface area contributed by atoms with Crippen LogP contribution in [-0.2, 0) is 11.4 Å². The number of hydrogen-bond donors (Lipinski definition) is 2. The maximum absolute atomic E-state index is 11.2. The molecule has 4 nitrogen and oxygen atoms in total. The zero-order valence-electron chi connectivity index (χ0n) is 11.4. The van der Waals surface area contributed by atoms with Gasteiger partial charge in [0, 0.05) is 18.8 Å². The van der Waals surface area contributed by atoms with Crippen molar-refractivity contribution >= 4 is 11.6 Å². The highest BCUT2D eigenvalue weighted by Crippen LogP contribution is 2.18. The number of likely N-dealkylation sites (N-methyl/N-ethyl adjacent to an activating group) is 1. The topological polar surface area (TPSA) is 50.4 Å². The largest absolute Gasteiger partial charge is 0.489 e. The van der Waals surface area contributed by atoms with Gasteiger partial charge in [-0.15, -0.1) is 0 Å². The molecule has 0 unspecified atom stereocenters. The number of nitrogens with one attached hydrogen (secondary N) is 2. The monoisotopic (exact) mass is 270 g/mol. The third-order valence-corrected chi connectivity index (χ3v) is 2.81. The number of carbonyl (C=O) groups is 1. The molecule has 0 bridgehead atoms. The summed E-state index contributed by atoms with van der Waals surface area (Å²) in [5.41, 5.74) is 1.98. The molecule has 0 spiro atoms. The van der Waals surface area contributed by atoms with Gasteiger partial charge >= 0.3 is 0 Å². The lowest BCUT2D eigenvalue weighted by Crippen LogP contribution is -2.26. The molecule has 20 heavy (non-hydrogen) atoms. The Kier molecular flexibility index (Phi) is 5.00. The van der Waals surface area contributed by atoms with Crippen LogP contribution in [0.5, 0.6) is 5.75 Å². The van der Waals surface area contributed by atoms with Crippen LogP contribution in [0.15, 0.2) is 54.6 Å². The summed E-state index contributed by atoms with van der Waals surface area (Å²) in [6.45, 7) is 0.776. The number of benzene rings is 2. The van der Waals surface area contributed by atoms with Crippen molar-refractivity contribution < 1.29 is 9.53 Å². The summed E-state index contributed by atoms with van der Waals surface area (Å²) in [6.07, 6.45) is 0. The van der Waals surface area contributed by atoms with Crippen LogP contribution in [0.3, 0.4) is 0 Å². The van der Waals surface area contributed by atoms with Crippen molar-refractivity contribution in [3.63, 3.8) is 0 Å². The van der Waals surface area contributed by atoms with Crippen molar-refractivity contribution in [2.24, 2.45) is 0 Å². The lowest BCUT2D eigenvalue weighted by Gasteiger charge is -2.09. The molecule has 2 aromatic rings. The molecule has 4 heteroatoms. The smallest absolute Gasteiger partial charge is 0.239 e. The molecule has 0 radical (unpaired) electrons. The van der Waals surface area contributed by atoms with Crippen LogP contribution in [0.4, 0.5) is 5.69 Å². The van der Waals surface area contributed by atoms with E-state index in [1.165, 1.54) is 0 Å². The van der Waals surface area contributed by atoms with E-state index in [-0.39, 0.29) is 12.5 Å². The first-order valence-electron chi connectivity index (χ1n) is 6.49. The van der Waals surface area contributed by atoms with Crippen molar-refractivity contribution in [1.82, 2.24) is 5.32 Å². The number of anilines is 1. The molecule has 2 aromatic carbocycles. The summed E-state index contributed by atoms with van der Waals surface area (Å²) in [4.78, 5) is 11.2. The van der Waals surface area contributed by atoms with Crippen LogP contribution in [0.2, 0.25) is 0 Å². The summed E-state index contributed by atoms with van der Waals surface area (Å²) in [5.74, 6) is 0.719. The van der Waals surface area contributed by atoms with Gasteiger partial charge in [-0.3, -0.25) is 4.79 Å². The molecular formula is C16H18N2O2. The summed E-state index contributed by atoms with van der Waals surface area (Å²) >= 11 is 0. The number of hydrogen-bond acceptors (Lipinski definition) is 3. The number of carbonyl (C=O) groups excluding carboxylic acids is 1. The highest BCUT2D eigenvalue weighted by Gasteiger charge is 2.00. The average molecular weight is 270 g/mol. The van der Waals surface area contributed by atoms with E-state index in [2.05, 4.69) is 10.6 Å². The molecule has 0 aliphatic heterocycles. The van der Waals surface area contributed by atoms with E-state index < -0.39 is 0 Å². The fourth-order valence-electron chi connectivity index (χ4n) is 1.71. The first-order valence-corrected chi connectivity index (χ1v) is 6.49. The summed E-state index contributed by atoms with van der Waals surface area (Å²) < 4.78 is 5.73. The Labute approximate surface area is 118 Å². The standard InChI is InChI=1S/C16H18N2O2/c1-17-16(19)11-18-14-8-5-9-15(10-14)20-12-13-6-3-2-4-7-13/h2-10,18H,11-12H2,1H3,(H,17,19). The molecule has 0 fully saturated rings. The van der Waals surface area contributed by atoms with Crippen molar-refractivity contribution in [2.75, 3.05) is 18.9 Å². The Morgan fingerprint density at radius 1 is 1.10 bits per heavy atom. The number of ether oxygens (including phenoxy) is 1. The molecule has 0 aliphatic rings. The second-order valence-corrected chi connectivity index (χ2v) is 4.33. The minimum absolute atomic E-state index is 0.0550. The normalized spacial score (nSPS) is 9.85. The van der Waals surface area contributed by atoms with E-state index in [9.17, 15) is 4.79 Å². The van der Waals surface area contributed by atoms with Gasteiger partial charge in [-0.1, -0.05) is 36.4 Å². The van der Waals surface area contributed by atoms with Crippen LogP contribution in [0.1, 0.15) is 5.56 Å². The van der Waals surface area contributed by atoms with E-state index in [1.54, 1.807) is 7.05 Å². The lowest BCUT2D eigenvalue weighted by molar-refractivity contribution is -0.118. The molecule has 0 saturated carbocycles. The Hall–Kier alpha value is -2.49. The minimum atomic E-state index is -0.0550. The van der Waals surface area contributed by atoms with Crippen LogP contribution in [-0.4, -0.2) is 19.5 Å². The summed E-state index contributed by atoms with van der Waals surface area (Å²) in [6, 6.07) is 17.6. The van der Waals surface area contributed by atoms with Gasteiger partial charge in [0.25, 0.3) is 0 Å². The Morgan fingerprint density at radius 3 is 2.65 bits per heavy atom. The van der Waals surface area contributed by atoms with Crippen LogP contribution in [0, 0.1) is 0 Å². The average Bonchev–Trinajstić information content (AvgIpc) is 2.52. The fourth-order valence-corrected chi connectivity index (χ4v) is 1.71. The molecule has 1 amide bonds. The zero-order valence-corrected chi connectivity index (χ0v) is 11.4. The Morgan fingerprint density at radius 2 is 1.90 bits per heavy atom. The Balaban J connectivity index is 1.90. The Bertz CT molecular complexity index is 555. The molecule has 0 saturated heterocycles. The first kappa shape index (κ1) is 13.9. The van der Waals surface area contributed by atoms with Gasteiger partial charge in [-0.05, 0) is 17.7 Å². The highest BCUT2D eigenvalue weighted by molar-refractivity contribution is 5.80. The molecule has 2 N–H and O–H groups in total. The third kappa shape index (κ3) is 4.31. The summed E-state index contributed by atoms with van der Waals surface area (Å²) in [5, 5.41) is 5.61. The van der Waals surface area contributed by atoms with Crippen molar-refractivity contribution in [1.29, 1.82) is 0 Å². The van der Waals surface area contributed by atoms with Gasteiger partial charge in [0.2, 0.25) is 5.91 Å². The van der Waals surface area contributed by atoms with E-state index in [1.807, 2.05) is 54.6 Å². The van der Waals surface area contributed by atoms with E-state index >= 15 is 0 Å². The molecular weight excluding hydrogens is 252 g/mol. The van der Waals surface area contributed by atoms with E-state index in [0.717, 1.165) is 17.0 Å².